The van der Waals surface area contributed by atoms with Gasteiger partial charge in [-0.3, -0.25) is 15.1 Å². The second kappa shape index (κ2) is 7.09. The number of pyridine rings is 2. The number of halogens is 1. The zero-order valence-corrected chi connectivity index (χ0v) is 17.1. The van der Waals surface area contributed by atoms with Gasteiger partial charge in [-0.1, -0.05) is 18.2 Å². The molecule has 0 radical (unpaired) electrons. The molecule has 0 spiro atoms. The van der Waals surface area contributed by atoms with Crippen molar-refractivity contribution in [3.05, 3.63) is 84.7 Å². The Balaban J connectivity index is 1.51. The van der Waals surface area contributed by atoms with Gasteiger partial charge in [0, 0.05) is 35.1 Å². The first-order chi connectivity index (χ1) is 15.7. The van der Waals surface area contributed by atoms with E-state index >= 15 is 0 Å². The van der Waals surface area contributed by atoms with E-state index in [0.717, 1.165) is 55.4 Å². The first-order valence-corrected chi connectivity index (χ1v) is 10.2. The third-order valence-electron chi connectivity index (χ3n) is 5.69. The van der Waals surface area contributed by atoms with E-state index in [1.807, 2.05) is 18.3 Å². The molecule has 0 aliphatic rings. The number of imidazole rings is 1. The van der Waals surface area contributed by atoms with Crippen LogP contribution in [0.4, 0.5) is 4.39 Å². The lowest BCUT2D eigenvalue weighted by molar-refractivity contribution is 0.628. The Kier molecular flexibility index (Phi) is 4.07. The van der Waals surface area contributed by atoms with E-state index in [4.69, 9.17) is 4.98 Å². The molecule has 32 heavy (non-hydrogen) atoms. The molecule has 2 N–H and O–H groups in total. The third kappa shape index (κ3) is 2.94. The molecular weight excluding hydrogens is 403 g/mol. The summed E-state index contributed by atoms with van der Waals surface area (Å²) in [4.78, 5) is 16.8. The number of aryl methyl sites for hydroxylation is 1. The van der Waals surface area contributed by atoms with Crippen LogP contribution in [0.2, 0.25) is 0 Å². The molecule has 0 saturated carbocycles. The van der Waals surface area contributed by atoms with Crippen molar-refractivity contribution in [2.24, 2.45) is 0 Å². The first-order valence-electron chi connectivity index (χ1n) is 10.2. The molecule has 2 aromatic carbocycles. The van der Waals surface area contributed by atoms with Gasteiger partial charge in [-0.05, 0) is 53.9 Å². The maximum Gasteiger partial charge on any atom is 0.159 e. The van der Waals surface area contributed by atoms with E-state index in [1.165, 1.54) is 12.1 Å². The summed E-state index contributed by atoms with van der Waals surface area (Å²) < 4.78 is 13.4. The molecule has 0 fully saturated rings. The number of nitrogens with zero attached hydrogens (tertiary/aromatic N) is 4. The van der Waals surface area contributed by atoms with Crippen LogP contribution in [0.3, 0.4) is 0 Å². The van der Waals surface area contributed by atoms with E-state index in [1.54, 1.807) is 30.7 Å². The number of rotatable bonds is 3. The van der Waals surface area contributed by atoms with Crippen LogP contribution in [0, 0.1) is 12.7 Å². The van der Waals surface area contributed by atoms with Crippen LogP contribution in [0.1, 0.15) is 5.56 Å². The molecule has 4 heterocycles. The number of nitrogens with one attached hydrogen (secondary N) is 2. The third-order valence-corrected chi connectivity index (χ3v) is 5.69. The minimum absolute atomic E-state index is 0.278. The molecule has 7 heteroatoms. The summed E-state index contributed by atoms with van der Waals surface area (Å²) >= 11 is 0. The van der Waals surface area contributed by atoms with Crippen molar-refractivity contribution in [2.75, 3.05) is 0 Å². The maximum absolute atomic E-state index is 13.4. The number of benzene rings is 2. The second-order valence-corrected chi connectivity index (χ2v) is 7.70. The standard InChI is InChI=1S/C25H17FN6/c1-14-8-9-27-11-19(14)16-4-7-21-18(10-16)24(32-31-21)25-29-22-13-28-12-20(23(22)30-25)15-2-5-17(26)6-3-15/h2-13H,1H3,(H,29,30)(H,31,32). The van der Waals surface area contributed by atoms with Crippen LogP contribution in [0.25, 0.3) is 55.7 Å². The summed E-state index contributed by atoms with van der Waals surface area (Å²) in [6.45, 7) is 2.07. The molecule has 6 rings (SSSR count). The highest BCUT2D eigenvalue weighted by Gasteiger charge is 2.16. The quantitative estimate of drug-likeness (QED) is 0.386. The number of hydrogen-bond acceptors (Lipinski definition) is 4. The Bertz CT molecular complexity index is 1600. The minimum atomic E-state index is -0.278. The van der Waals surface area contributed by atoms with Crippen molar-refractivity contribution in [1.82, 2.24) is 30.1 Å². The van der Waals surface area contributed by atoms with Gasteiger partial charge in [-0.2, -0.15) is 5.10 Å². The highest BCUT2D eigenvalue weighted by atomic mass is 19.1. The van der Waals surface area contributed by atoms with Gasteiger partial charge >= 0.3 is 0 Å². The van der Waals surface area contributed by atoms with Crippen molar-refractivity contribution in [3.63, 3.8) is 0 Å². The molecule has 0 bridgehead atoms. The van der Waals surface area contributed by atoms with E-state index in [2.05, 4.69) is 44.2 Å². The van der Waals surface area contributed by atoms with Crippen LogP contribution < -0.4 is 0 Å². The van der Waals surface area contributed by atoms with Crippen molar-refractivity contribution < 1.29 is 4.39 Å². The molecule has 0 saturated heterocycles. The van der Waals surface area contributed by atoms with Crippen LogP contribution in [-0.4, -0.2) is 30.1 Å². The smallest absolute Gasteiger partial charge is 0.159 e. The largest absolute Gasteiger partial charge is 0.335 e. The molecule has 154 valence electrons. The first kappa shape index (κ1) is 18.4. The maximum atomic E-state index is 13.4. The predicted octanol–water partition coefficient (Wildman–Crippen LogP) is 5.68. The lowest BCUT2D eigenvalue weighted by atomic mass is 10.0. The molecule has 0 aliphatic carbocycles. The van der Waals surface area contributed by atoms with Crippen LogP contribution in [-0.2, 0) is 0 Å². The van der Waals surface area contributed by atoms with E-state index in [9.17, 15) is 4.39 Å². The highest BCUT2D eigenvalue weighted by Crippen LogP contribution is 2.33. The minimum Gasteiger partial charge on any atom is -0.335 e. The van der Waals surface area contributed by atoms with Crippen molar-refractivity contribution >= 4 is 21.9 Å². The van der Waals surface area contributed by atoms with Gasteiger partial charge in [-0.15, -0.1) is 0 Å². The van der Waals surface area contributed by atoms with Crippen LogP contribution >= 0.6 is 0 Å². The monoisotopic (exact) mass is 420 g/mol. The number of aromatic amines is 2. The van der Waals surface area contributed by atoms with Gasteiger partial charge in [0.1, 0.15) is 11.5 Å². The zero-order valence-electron chi connectivity index (χ0n) is 17.1. The van der Waals surface area contributed by atoms with E-state index in [-0.39, 0.29) is 5.82 Å². The fourth-order valence-electron chi connectivity index (χ4n) is 4.01. The van der Waals surface area contributed by atoms with Gasteiger partial charge in [0.25, 0.3) is 0 Å². The molecule has 6 nitrogen and oxygen atoms in total. The van der Waals surface area contributed by atoms with Crippen LogP contribution in [0.15, 0.2) is 73.3 Å². The summed E-state index contributed by atoms with van der Waals surface area (Å²) in [5, 5.41) is 8.58. The molecular formula is C25H17FN6. The molecule has 0 aliphatic heterocycles. The van der Waals surface area contributed by atoms with E-state index in [0.29, 0.717) is 5.82 Å². The molecule has 6 aromatic rings. The topological polar surface area (TPSA) is 83.1 Å². The zero-order chi connectivity index (χ0) is 21.7. The predicted molar refractivity (Wildman–Crippen MR) is 122 cm³/mol. The SMILES string of the molecule is Cc1ccncc1-c1ccc2[nH]nc(-c3nc4c(-c5ccc(F)cc5)cncc4[nH]3)c2c1. The fraction of sp³-hybridized carbons (Fsp3) is 0.0400. The average Bonchev–Trinajstić information content (AvgIpc) is 3.43. The van der Waals surface area contributed by atoms with Crippen molar-refractivity contribution in [2.45, 2.75) is 6.92 Å². The summed E-state index contributed by atoms with van der Waals surface area (Å²) in [7, 11) is 0. The summed E-state index contributed by atoms with van der Waals surface area (Å²) in [5.74, 6) is 0.363. The number of H-pyrrole nitrogens is 2. The fourth-order valence-corrected chi connectivity index (χ4v) is 4.01. The van der Waals surface area contributed by atoms with Crippen LogP contribution in [0.5, 0.6) is 0 Å². The van der Waals surface area contributed by atoms with E-state index < -0.39 is 0 Å². The molecule has 0 atom stereocenters. The Morgan fingerprint density at radius 3 is 2.47 bits per heavy atom. The lowest BCUT2D eigenvalue weighted by Gasteiger charge is -2.05. The van der Waals surface area contributed by atoms with Crippen molar-refractivity contribution in [1.29, 1.82) is 0 Å². The number of aromatic nitrogens is 6. The second-order valence-electron chi connectivity index (χ2n) is 7.70. The highest BCUT2D eigenvalue weighted by molar-refractivity contribution is 5.98. The van der Waals surface area contributed by atoms with Gasteiger partial charge in [0.15, 0.2) is 5.82 Å². The molecule has 0 unspecified atom stereocenters. The number of hydrogen-bond donors (Lipinski definition) is 2. The van der Waals surface area contributed by atoms with Crippen molar-refractivity contribution in [3.8, 4) is 33.8 Å². The van der Waals surface area contributed by atoms with Gasteiger partial charge in [0.2, 0.25) is 0 Å². The summed E-state index contributed by atoms with van der Waals surface area (Å²) in [6.07, 6.45) is 7.14. The molecule has 4 aromatic heterocycles. The number of fused-ring (bicyclic) bond motifs is 2. The normalized spacial score (nSPS) is 11.4. The Morgan fingerprint density at radius 2 is 1.62 bits per heavy atom. The van der Waals surface area contributed by atoms with Gasteiger partial charge in [0.05, 0.1) is 22.7 Å². The Morgan fingerprint density at radius 1 is 0.812 bits per heavy atom. The lowest BCUT2D eigenvalue weighted by Crippen LogP contribution is -1.86. The molecule has 0 amide bonds. The average molecular weight is 420 g/mol. The Hall–Kier alpha value is -4.39. The van der Waals surface area contributed by atoms with Gasteiger partial charge < -0.3 is 4.98 Å². The Labute approximate surface area is 182 Å². The van der Waals surface area contributed by atoms with Gasteiger partial charge in [-0.25, -0.2) is 9.37 Å². The summed E-state index contributed by atoms with van der Waals surface area (Å²) in [5.41, 5.74) is 8.18. The summed E-state index contributed by atoms with van der Waals surface area (Å²) in [6, 6.07) is 14.5.